The third kappa shape index (κ3) is 5.40. The average Bonchev–Trinajstić information content (AvgIpc) is 2.55. The van der Waals surface area contributed by atoms with E-state index < -0.39 is 5.91 Å². The zero-order valence-corrected chi connectivity index (χ0v) is 15.7. The molecule has 0 fully saturated rings. The third-order valence-corrected chi connectivity index (χ3v) is 4.10. The lowest BCUT2D eigenvalue weighted by atomic mass is 10.2. The van der Waals surface area contributed by atoms with Crippen LogP contribution in [0.15, 0.2) is 46.0 Å². The lowest BCUT2D eigenvalue weighted by Gasteiger charge is -2.07. The van der Waals surface area contributed by atoms with Crippen LogP contribution in [0.1, 0.15) is 5.56 Å². The number of carbonyl (C=O) groups is 1. The first-order valence-corrected chi connectivity index (χ1v) is 8.28. The second-order valence-electron chi connectivity index (χ2n) is 4.54. The highest BCUT2D eigenvalue weighted by Crippen LogP contribution is 2.27. The summed E-state index contributed by atoms with van der Waals surface area (Å²) in [7, 11) is 1.57. The van der Waals surface area contributed by atoms with Crippen LogP contribution in [0.25, 0.3) is 0 Å². The van der Waals surface area contributed by atoms with Crippen LogP contribution in [0, 0.1) is 0 Å². The Morgan fingerprint density at radius 1 is 1.29 bits per heavy atom. The van der Waals surface area contributed by atoms with Gasteiger partial charge in [-0.25, -0.2) is 5.43 Å². The van der Waals surface area contributed by atoms with Crippen LogP contribution in [-0.2, 0) is 4.79 Å². The predicted octanol–water partition coefficient (Wildman–Crippen LogP) is 4.29. The van der Waals surface area contributed by atoms with E-state index in [1.165, 1.54) is 12.3 Å². The van der Waals surface area contributed by atoms with E-state index in [4.69, 9.17) is 32.7 Å². The van der Waals surface area contributed by atoms with Crippen molar-refractivity contribution in [2.24, 2.45) is 5.10 Å². The molecule has 8 heteroatoms. The molecule has 1 N–H and O–H groups in total. The maximum absolute atomic E-state index is 11.7. The van der Waals surface area contributed by atoms with Crippen molar-refractivity contribution in [3.63, 3.8) is 0 Å². The minimum absolute atomic E-state index is 0.224. The van der Waals surface area contributed by atoms with Gasteiger partial charge in [0.1, 0.15) is 11.5 Å². The van der Waals surface area contributed by atoms with Crippen LogP contribution in [0.3, 0.4) is 0 Å². The topological polar surface area (TPSA) is 59.9 Å². The van der Waals surface area contributed by atoms with Gasteiger partial charge in [0.2, 0.25) is 0 Å². The van der Waals surface area contributed by atoms with Gasteiger partial charge in [-0.2, -0.15) is 5.10 Å². The highest BCUT2D eigenvalue weighted by molar-refractivity contribution is 9.10. The van der Waals surface area contributed by atoms with E-state index in [2.05, 4.69) is 26.5 Å². The standard InChI is InChI=1S/C16H13BrCl2N2O3/c1-23-12-3-4-13(17)10(6-12)8-20-21-16(22)9-24-15-5-2-11(18)7-14(15)19/h2-8H,9H2,1H3,(H,21,22). The van der Waals surface area contributed by atoms with Gasteiger partial charge in [-0.15, -0.1) is 0 Å². The summed E-state index contributed by atoms with van der Waals surface area (Å²) < 4.78 is 11.3. The Labute approximate surface area is 157 Å². The first-order chi connectivity index (χ1) is 11.5. The minimum atomic E-state index is -0.420. The zero-order valence-electron chi connectivity index (χ0n) is 12.6. The summed E-state index contributed by atoms with van der Waals surface area (Å²) in [4.78, 5) is 11.7. The van der Waals surface area contributed by atoms with Crippen LogP contribution in [0.4, 0.5) is 0 Å². The smallest absolute Gasteiger partial charge is 0.277 e. The maximum Gasteiger partial charge on any atom is 0.277 e. The number of nitrogens with one attached hydrogen (secondary N) is 1. The third-order valence-electron chi connectivity index (χ3n) is 2.85. The molecular weight excluding hydrogens is 419 g/mol. The molecule has 0 heterocycles. The molecular formula is C16H13BrCl2N2O3. The number of amides is 1. The Hall–Kier alpha value is -1.76. The first kappa shape index (κ1) is 18.6. The fourth-order valence-electron chi connectivity index (χ4n) is 1.69. The van der Waals surface area contributed by atoms with E-state index in [1.54, 1.807) is 25.3 Å². The number of hydrogen-bond acceptors (Lipinski definition) is 4. The summed E-state index contributed by atoms with van der Waals surface area (Å²) in [6.45, 7) is -0.224. The van der Waals surface area contributed by atoms with Crippen molar-refractivity contribution in [1.82, 2.24) is 5.43 Å². The summed E-state index contributed by atoms with van der Waals surface area (Å²) in [6, 6.07) is 10.2. The fourth-order valence-corrected chi connectivity index (χ4v) is 2.50. The van der Waals surface area contributed by atoms with Crippen molar-refractivity contribution in [1.29, 1.82) is 0 Å². The molecule has 2 aromatic rings. The molecule has 0 aliphatic heterocycles. The molecule has 0 saturated carbocycles. The normalized spacial score (nSPS) is 10.7. The Morgan fingerprint density at radius 2 is 2.08 bits per heavy atom. The van der Waals surface area contributed by atoms with Crippen molar-refractivity contribution in [2.45, 2.75) is 0 Å². The summed E-state index contributed by atoms with van der Waals surface area (Å²) in [5, 5.41) is 4.71. The molecule has 0 atom stereocenters. The maximum atomic E-state index is 11.7. The number of nitrogens with zero attached hydrogens (tertiary/aromatic N) is 1. The van der Waals surface area contributed by atoms with Crippen molar-refractivity contribution >= 4 is 51.3 Å². The van der Waals surface area contributed by atoms with E-state index in [0.29, 0.717) is 21.5 Å². The second-order valence-corrected chi connectivity index (χ2v) is 6.24. The number of methoxy groups -OCH3 is 1. The molecule has 2 aromatic carbocycles. The lowest BCUT2D eigenvalue weighted by molar-refractivity contribution is -0.123. The zero-order chi connectivity index (χ0) is 17.5. The number of carbonyl (C=O) groups excluding carboxylic acids is 1. The highest BCUT2D eigenvalue weighted by Gasteiger charge is 2.06. The number of halogens is 3. The number of hydrazone groups is 1. The van der Waals surface area contributed by atoms with Crippen LogP contribution in [-0.4, -0.2) is 25.8 Å². The second kappa shape index (κ2) is 8.92. The fraction of sp³-hybridized carbons (Fsp3) is 0.125. The van der Waals surface area contributed by atoms with Gasteiger partial charge < -0.3 is 9.47 Å². The molecule has 0 radical (unpaired) electrons. The Kier molecular flexibility index (Phi) is 6.90. The molecule has 0 aliphatic rings. The largest absolute Gasteiger partial charge is 0.497 e. The molecule has 0 unspecified atom stereocenters. The van der Waals surface area contributed by atoms with Gasteiger partial charge in [0.15, 0.2) is 6.61 Å². The minimum Gasteiger partial charge on any atom is -0.497 e. The van der Waals surface area contributed by atoms with Gasteiger partial charge in [-0.1, -0.05) is 39.1 Å². The van der Waals surface area contributed by atoms with Gasteiger partial charge in [0.05, 0.1) is 18.3 Å². The average molecular weight is 432 g/mol. The van der Waals surface area contributed by atoms with Gasteiger partial charge in [0, 0.05) is 15.1 Å². The Balaban J connectivity index is 1.89. The van der Waals surface area contributed by atoms with Gasteiger partial charge in [0.25, 0.3) is 5.91 Å². The van der Waals surface area contributed by atoms with E-state index in [1.807, 2.05) is 12.1 Å². The van der Waals surface area contributed by atoms with Crippen molar-refractivity contribution in [3.05, 3.63) is 56.5 Å². The highest BCUT2D eigenvalue weighted by atomic mass is 79.9. The predicted molar refractivity (Wildman–Crippen MR) is 98.4 cm³/mol. The Morgan fingerprint density at radius 3 is 2.79 bits per heavy atom. The van der Waals surface area contributed by atoms with Crippen LogP contribution < -0.4 is 14.9 Å². The Bertz CT molecular complexity index is 769. The van der Waals surface area contributed by atoms with Crippen molar-refractivity contribution in [3.8, 4) is 11.5 Å². The van der Waals surface area contributed by atoms with Crippen molar-refractivity contribution in [2.75, 3.05) is 13.7 Å². The number of hydrogen-bond donors (Lipinski definition) is 1. The molecule has 0 aromatic heterocycles. The number of benzene rings is 2. The van der Waals surface area contributed by atoms with Gasteiger partial charge in [-0.05, 0) is 36.4 Å². The molecule has 0 saturated heterocycles. The summed E-state index contributed by atoms with van der Waals surface area (Å²) >= 11 is 15.1. The summed E-state index contributed by atoms with van der Waals surface area (Å²) in [6.07, 6.45) is 1.50. The van der Waals surface area contributed by atoms with E-state index in [0.717, 1.165) is 10.0 Å². The molecule has 126 valence electrons. The molecule has 2 rings (SSSR count). The van der Waals surface area contributed by atoms with Crippen molar-refractivity contribution < 1.29 is 14.3 Å². The van der Waals surface area contributed by atoms with Crippen LogP contribution in [0.5, 0.6) is 11.5 Å². The number of ether oxygens (including phenoxy) is 2. The SMILES string of the molecule is COc1ccc(Br)c(C=NNC(=O)COc2ccc(Cl)cc2Cl)c1. The monoisotopic (exact) mass is 430 g/mol. The molecule has 1 amide bonds. The molecule has 5 nitrogen and oxygen atoms in total. The lowest BCUT2D eigenvalue weighted by Crippen LogP contribution is -2.24. The van der Waals surface area contributed by atoms with E-state index in [-0.39, 0.29) is 6.61 Å². The summed E-state index contributed by atoms with van der Waals surface area (Å²) in [5.74, 6) is 0.638. The quantitative estimate of drug-likeness (QED) is 0.548. The molecule has 24 heavy (non-hydrogen) atoms. The van der Waals surface area contributed by atoms with E-state index >= 15 is 0 Å². The van der Waals surface area contributed by atoms with Crippen LogP contribution in [0.2, 0.25) is 10.0 Å². The van der Waals surface area contributed by atoms with Crippen LogP contribution >= 0.6 is 39.1 Å². The molecule has 0 spiro atoms. The van der Waals surface area contributed by atoms with E-state index in [9.17, 15) is 4.79 Å². The van der Waals surface area contributed by atoms with Gasteiger partial charge in [-0.3, -0.25) is 4.79 Å². The molecule has 0 bridgehead atoms. The molecule has 0 aliphatic carbocycles. The summed E-state index contributed by atoms with van der Waals surface area (Å²) in [5.41, 5.74) is 3.13. The first-order valence-electron chi connectivity index (χ1n) is 6.73. The number of rotatable bonds is 6. The van der Waals surface area contributed by atoms with Gasteiger partial charge >= 0.3 is 0 Å².